The van der Waals surface area contributed by atoms with Crippen LogP contribution >= 0.6 is 0 Å². The summed E-state index contributed by atoms with van der Waals surface area (Å²) in [5, 5.41) is 5.53. The summed E-state index contributed by atoms with van der Waals surface area (Å²) in [4.78, 5) is 11.3. The summed E-state index contributed by atoms with van der Waals surface area (Å²) >= 11 is 0. The van der Waals surface area contributed by atoms with Crippen LogP contribution in [0.1, 0.15) is 27.7 Å². The Balaban J connectivity index is 0. The minimum absolute atomic E-state index is 0.0364. The van der Waals surface area contributed by atoms with Gasteiger partial charge < -0.3 is 39.1 Å². The van der Waals surface area contributed by atoms with Gasteiger partial charge >= 0.3 is 0 Å². The summed E-state index contributed by atoms with van der Waals surface area (Å²) in [7, 11) is 1.88. The van der Waals surface area contributed by atoms with E-state index in [1.165, 1.54) is 0 Å². The van der Waals surface area contributed by atoms with Gasteiger partial charge in [0, 0.05) is 12.5 Å². The van der Waals surface area contributed by atoms with Crippen LogP contribution in [0.4, 0.5) is 4.39 Å². The molecule has 2 N–H and O–H groups in total. The molecule has 0 aliphatic carbocycles. The average molecular weight is 471 g/mol. The highest BCUT2D eigenvalue weighted by molar-refractivity contribution is 5.77. The number of carbonyl (C=O) groups excluding carboxylic acids is 1. The molecule has 10 heteroatoms. The number of rotatable bonds is 23. The summed E-state index contributed by atoms with van der Waals surface area (Å²) in [6.45, 7) is 13.7. The molecule has 1 amide bonds. The molecule has 1 atom stereocenters. The molecule has 9 nitrogen and oxygen atoms in total. The Labute approximate surface area is 194 Å². The first kappa shape index (κ1) is 33.3. The van der Waals surface area contributed by atoms with E-state index in [9.17, 15) is 9.18 Å². The Morgan fingerprint density at radius 2 is 1.09 bits per heavy atom. The average Bonchev–Trinajstić information content (AvgIpc) is 2.80. The molecule has 0 saturated heterocycles. The number of carbonyl (C=O) groups is 1. The molecule has 0 rings (SSSR count). The number of amides is 1. The van der Waals surface area contributed by atoms with Gasteiger partial charge in [0.1, 0.15) is 6.17 Å². The van der Waals surface area contributed by atoms with Crippen LogP contribution in [-0.2, 0) is 33.2 Å². The van der Waals surface area contributed by atoms with Gasteiger partial charge in [-0.1, -0.05) is 27.7 Å². The Bertz CT molecular complexity index is 380. The third-order valence-electron chi connectivity index (χ3n) is 3.68. The first-order valence-corrected chi connectivity index (χ1v) is 11.6. The quantitative estimate of drug-likeness (QED) is 0.217. The molecular weight excluding hydrogens is 423 g/mol. The fourth-order valence-electron chi connectivity index (χ4n) is 1.96. The van der Waals surface area contributed by atoms with Crippen LogP contribution in [0.25, 0.3) is 0 Å². The molecular formula is C22H47FN2O7. The summed E-state index contributed by atoms with van der Waals surface area (Å²) < 4.78 is 45.5. The highest BCUT2D eigenvalue weighted by Gasteiger charge is 2.11. The molecule has 194 valence electrons. The van der Waals surface area contributed by atoms with Crippen molar-refractivity contribution in [2.24, 2.45) is 5.92 Å². The van der Waals surface area contributed by atoms with Crippen LogP contribution in [0, 0.1) is 5.92 Å². The Morgan fingerprint density at radius 1 is 0.719 bits per heavy atom. The van der Waals surface area contributed by atoms with Crippen molar-refractivity contribution in [3.05, 3.63) is 0 Å². The van der Waals surface area contributed by atoms with Gasteiger partial charge in [0.2, 0.25) is 5.91 Å². The molecule has 0 aromatic rings. The zero-order valence-electron chi connectivity index (χ0n) is 20.8. The number of hydrogen-bond donors (Lipinski definition) is 2. The Morgan fingerprint density at radius 3 is 1.47 bits per heavy atom. The third kappa shape index (κ3) is 27.2. The highest BCUT2D eigenvalue weighted by atomic mass is 19.1. The molecule has 0 radical (unpaired) electrons. The second kappa shape index (κ2) is 28.2. The Kier molecular flexibility index (Phi) is 29.3. The van der Waals surface area contributed by atoms with E-state index in [4.69, 9.17) is 28.4 Å². The number of likely N-dealkylation sites (N-methyl/N-ethyl adjacent to an activating group) is 1. The van der Waals surface area contributed by atoms with E-state index < -0.39 is 6.17 Å². The molecule has 0 aromatic carbocycles. The van der Waals surface area contributed by atoms with E-state index in [1.807, 2.05) is 20.9 Å². The topological polar surface area (TPSA) is 96.5 Å². The van der Waals surface area contributed by atoms with Crippen molar-refractivity contribution < 1.29 is 37.6 Å². The fraction of sp³-hybridized carbons (Fsp3) is 0.955. The smallest absolute Gasteiger partial charge is 0.222 e. The van der Waals surface area contributed by atoms with Gasteiger partial charge in [-0.05, 0) is 7.05 Å². The van der Waals surface area contributed by atoms with Gasteiger partial charge in [-0.2, -0.15) is 0 Å². The molecule has 0 saturated carbocycles. The van der Waals surface area contributed by atoms with Crippen LogP contribution < -0.4 is 10.6 Å². The lowest BCUT2D eigenvalue weighted by Gasteiger charge is -2.12. The number of hydrogen-bond acceptors (Lipinski definition) is 8. The maximum Gasteiger partial charge on any atom is 0.222 e. The third-order valence-corrected chi connectivity index (χ3v) is 3.68. The summed E-state index contributed by atoms with van der Waals surface area (Å²) in [5.74, 6) is -0.320. The van der Waals surface area contributed by atoms with Gasteiger partial charge in [0.05, 0.1) is 85.8 Å². The lowest BCUT2D eigenvalue weighted by molar-refractivity contribution is -0.124. The monoisotopic (exact) mass is 470 g/mol. The van der Waals surface area contributed by atoms with Gasteiger partial charge in [-0.15, -0.1) is 0 Å². The van der Waals surface area contributed by atoms with Crippen LogP contribution in [0.2, 0.25) is 0 Å². The standard InChI is InChI=1S/C20H41FN2O7.C2H6/c1-18(2)20(24)23-16-19(21)17-30-15-14-29-13-12-28-11-10-27-9-8-26-7-6-25-5-4-22-3;1-2/h18-19,22H,4-17H2,1-3H3,(H,23,24);1-2H3. The number of nitrogens with one attached hydrogen (secondary N) is 2. The van der Waals surface area contributed by atoms with Crippen molar-refractivity contribution in [2.75, 3.05) is 99.4 Å². The van der Waals surface area contributed by atoms with Crippen LogP contribution in [-0.4, -0.2) is 111 Å². The number of ether oxygens (including phenoxy) is 6. The molecule has 0 aromatic heterocycles. The summed E-state index contributed by atoms with van der Waals surface area (Å²) in [6.07, 6.45) is -1.22. The SMILES string of the molecule is CC.CNCCOCCOCCOCCOCCOCCOCC(F)CNC(=O)C(C)C. The van der Waals surface area contributed by atoms with E-state index >= 15 is 0 Å². The van der Waals surface area contributed by atoms with E-state index in [1.54, 1.807) is 13.8 Å². The van der Waals surface area contributed by atoms with Crippen molar-refractivity contribution >= 4 is 5.91 Å². The lowest BCUT2D eigenvalue weighted by Crippen LogP contribution is -2.35. The van der Waals surface area contributed by atoms with E-state index in [0.717, 1.165) is 6.54 Å². The molecule has 0 aliphatic heterocycles. The minimum Gasteiger partial charge on any atom is -0.378 e. The minimum atomic E-state index is -1.22. The molecule has 0 fully saturated rings. The van der Waals surface area contributed by atoms with Crippen molar-refractivity contribution in [1.29, 1.82) is 0 Å². The summed E-state index contributed by atoms with van der Waals surface area (Å²) in [6, 6.07) is 0. The first-order chi connectivity index (χ1) is 15.6. The van der Waals surface area contributed by atoms with Gasteiger partial charge in [0.15, 0.2) is 0 Å². The normalized spacial score (nSPS) is 11.8. The predicted octanol–water partition coefficient (Wildman–Crippen LogP) is 1.44. The number of alkyl halides is 1. The van der Waals surface area contributed by atoms with Gasteiger partial charge in [-0.3, -0.25) is 4.79 Å². The van der Waals surface area contributed by atoms with Crippen LogP contribution in [0.3, 0.4) is 0 Å². The zero-order chi connectivity index (χ0) is 24.3. The predicted molar refractivity (Wildman–Crippen MR) is 123 cm³/mol. The molecule has 0 bridgehead atoms. The summed E-state index contributed by atoms with van der Waals surface area (Å²) in [5.41, 5.74) is 0. The van der Waals surface area contributed by atoms with E-state index in [2.05, 4.69) is 10.6 Å². The van der Waals surface area contributed by atoms with Crippen molar-refractivity contribution in [1.82, 2.24) is 10.6 Å². The van der Waals surface area contributed by atoms with Crippen molar-refractivity contribution in [3.63, 3.8) is 0 Å². The highest BCUT2D eigenvalue weighted by Crippen LogP contribution is 1.94. The first-order valence-electron chi connectivity index (χ1n) is 11.6. The molecule has 0 heterocycles. The number of halogens is 1. The second-order valence-corrected chi connectivity index (χ2v) is 6.74. The van der Waals surface area contributed by atoms with Crippen molar-refractivity contribution in [3.8, 4) is 0 Å². The van der Waals surface area contributed by atoms with E-state index in [0.29, 0.717) is 72.7 Å². The molecule has 0 aliphatic rings. The Hall–Kier alpha value is -0.880. The van der Waals surface area contributed by atoms with Crippen molar-refractivity contribution in [2.45, 2.75) is 33.9 Å². The maximum atomic E-state index is 13.5. The van der Waals surface area contributed by atoms with E-state index in [-0.39, 0.29) is 25.0 Å². The van der Waals surface area contributed by atoms with Gasteiger partial charge in [-0.25, -0.2) is 4.39 Å². The van der Waals surface area contributed by atoms with Gasteiger partial charge in [0.25, 0.3) is 0 Å². The second-order valence-electron chi connectivity index (χ2n) is 6.74. The zero-order valence-corrected chi connectivity index (χ0v) is 20.8. The maximum absolute atomic E-state index is 13.5. The fourth-order valence-corrected chi connectivity index (χ4v) is 1.96. The lowest BCUT2D eigenvalue weighted by atomic mass is 10.2. The molecule has 1 unspecified atom stereocenters. The van der Waals surface area contributed by atoms with Crippen LogP contribution in [0.5, 0.6) is 0 Å². The largest absolute Gasteiger partial charge is 0.378 e. The molecule has 0 spiro atoms. The van der Waals surface area contributed by atoms with Crippen LogP contribution in [0.15, 0.2) is 0 Å². The molecule has 32 heavy (non-hydrogen) atoms.